The summed E-state index contributed by atoms with van der Waals surface area (Å²) in [5.74, 6) is 0. The molecule has 0 aliphatic carbocycles. The largest absolute Gasteiger partial charge is 0.363 e. The van der Waals surface area contributed by atoms with Crippen LogP contribution in [0.4, 0.5) is 0 Å². The third kappa shape index (κ3) is 2.31. The van der Waals surface area contributed by atoms with Gasteiger partial charge in [-0.2, -0.15) is 0 Å². The lowest BCUT2D eigenvalue weighted by Crippen LogP contribution is -2.47. The van der Waals surface area contributed by atoms with Crippen LogP contribution in [-0.2, 0) is 6.54 Å². The van der Waals surface area contributed by atoms with E-state index in [1.54, 1.807) is 0 Å². The fourth-order valence-corrected chi connectivity index (χ4v) is 3.18. The van der Waals surface area contributed by atoms with Crippen molar-refractivity contribution in [3.8, 4) is 0 Å². The molecule has 0 radical (unpaired) electrons. The third-order valence-corrected chi connectivity index (χ3v) is 4.12. The Morgan fingerprint density at radius 1 is 1.20 bits per heavy atom. The summed E-state index contributed by atoms with van der Waals surface area (Å²) >= 11 is 5.56. The normalized spacial score (nSPS) is 17.6. The SMILES string of the molecule is CCNC(=S)N1CCn2cccc2[C@H]1c1ccccc1. The minimum absolute atomic E-state index is 0.200. The van der Waals surface area contributed by atoms with Crippen LogP contribution in [0, 0.1) is 0 Å². The summed E-state index contributed by atoms with van der Waals surface area (Å²) in [6.45, 7) is 4.86. The number of aromatic nitrogens is 1. The van der Waals surface area contributed by atoms with Crippen LogP contribution in [0.3, 0.4) is 0 Å². The first kappa shape index (κ1) is 13.2. The smallest absolute Gasteiger partial charge is 0.169 e. The molecule has 104 valence electrons. The molecule has 1 aromatic heterocycles. The Hall–Kier alpha value is -1.81. The van der Waals surface area contributed by atoms with Crippen molar-refractivity contribution >= 4 is 17.3 Å². The van der Waals surface area contributed by atoms with Crippen molar-refractivity contribution in [2.24, 2.45) is 0 Å². The molecule has 1 N–H and O–H groups in total. The summed E-state index contributed by atoms with van der Waals surface area (Å²) in [7, 11) is 0. The van der Waals surface area contributed by atoms with Crippen LogP contribution in [0.1, 0.15) is 24.2 Å². The van der Waals surface area contributed by atoms with Gasteiger partial charge in [0.2, 0.25) is 0 Å². The van der Waals surface area contributed by atoms with E-state index >= 15 is 0 Å². The van der Waals surface area contributed by atoms with E-state index in [2.05, 4.69) is 70.4 Å². The Morgan fingerprint density at radius 3 is 2.75 bits per heavy atom. The van der Waals surface area contributed by atoms with Gasteiger partial charge in [-0.3, -0.25) is 0 Å². The number of rotatable bonds is 2. The molecular formula is C16H19N3S. The lowest BCUT2D eigenvalue weighted by Gasteiger charge is -2.39. The molecule has 1 aromatic carbocycles. The lowest BCUT2D eigenvalue weighted by molar-refractivity contribution is 0.286. The van der Waals surface area contributed by atoms with E-state index in [0.29, 0.717) is 0 Å². The van der Waals surface area contributed by atoms with Gasteiger partial charge >= 0.3 is 0 Å². The fraction of sp³-hybridized carbons (Fsp3) is 0.312. The predicted octanol–water partition coefficient (Wildman–Crippen LogP) is 2.79. The molecule has 0 saturated heterocycles. The van der Waals surface area contributed by atoms with Gasteiger partial charge in [0.05, 0.1) is 6.04 Å². The average molecular weight is 285 g/mol. The van der Waals surface area contributed by atoms with Gasteiger partial charge in [-0.15, -0.1) is 0 Å². The predicted molar refractivity (Wildman–Crippen MR) is 85.7 cm³/mol. The van der Waals surface area contributed by atoms with Crippen molar-refractivity contribution in [2.45, 2.75) is 19.5 Å². The van der Waals surface area contributed by atoms with Crippen molar-refractivity contribution in [1.29, 1.82) is 0 Å². The molecule has 0 unspecified atom stereocenters. The molecule has 1 atom stereocenters. The van der Waals surface area contributed by atoms with E-state index in [1.165, 1.54) is 11.3 Å². The van der Waals surface area contributed by atoms with E-state index in [9.17, 15) is 0 Å². The molecule has 20 heavy (non-hydrogen) atoms. The molecule has 3 rings (SSSR count). The van der Waals surface area contributed by atoms with Crippen molar-refractivity contribution < 1.29 is 0 Å². The minimum atomic E-state index is 0.200. The highest BCUT2D eigenvalue weighted by Crippen LogP contribution is 2.32. The zero-order chi connectivity index (χ0) is 13.9. The zero-order valence-electron chi connectivity index (χ0n) is 11.6. The lowest BCUT2D eigenvalue weighted by atomic mass is 10.0. The van der Waals surface area contributed by atoms with E-state index in [0.717, 1.165) is 24.7 Å². The maximum absolute atomic E-state index is 5.56. The second kappa shape index (κ2) is 5.67. The van der Waals surface area contributed by atoms with Crippen molar-refractivity contribution in [2.75, 3.05) is 13.1 Å². The van der Waals surface area contributed by atoms with Crippen LogP contribution < -0.4 is 5.32 Å². The maximum atomic E-state index is 5.56. The summed E-state index contributed by atoms with van der Waals surface area (Å²) in [6, 6.07) is 15.1. The minimum Gasteiger partial charge on any atom is -0.363 e. The molecule has 0 spiro atoms. The number of hydrogen-bond donors (Lipinski definition) is 1. The van der Waals surface area contributed by atoms with Gasteiger partial charge in [-0.1, -0.05) is 30.3 Å². The van der Waals surface area contributed by atoms with Crippen LogP contribution in [0.15, 0.2) is 48.7 Å². The molecule has 0 fully saturated rings. The average Bonchev–Trinajstić information content (AvgIpc) is 2.95. The standard InChI is InChI=1S/C16H19N3S/c1-2-17-16(20)19-12-11-18-10-6-9-14(18)15(19)13-7-4-3-5-8-13/h3-10,15H,2,11-12H2,1H3,(H,17,20)/t15-/m1/s1. The van der Waals surface area contributed by atoms with Crippen LogP contribution >= 0.6 is 12.2 Å². The molecular weight excluding hydrogens is 266 g/mol. The highest BCUT2D eigenvalue weighted by atomic mass is 32.1. The first-order chi connectivity index (χ1) is 9.81. The molecule has 4 heteroatoms. The highest BCUT2D eigenvalue weighted by Gasteiger charge is 2.29. The van der Waals surface area contributed by atoms with Crippen molar-refractivity contribution in [1.82, 2.24) is 14.8 Å². The molecule has 0 bridgehead atoms. The van der Waals surface area contributed by atoms with Gasteiger partial charge in [0, 0.05) is 31.5 Å². The van der Waals surface area contributed by atoms with E-state index in [4.69, 9.17) is 12.2 Å². The number of hydrogen-bond acceptors (Lipinski definition) is 1. The number of benzene rings is 1. The Kier molecular flexibility index (Phi) is 3.74. The van der Waals surface area contributed by atoms with Crippen LogP contribution in [0.25, 0.3) is 0 Å². The third-order valence-electron chi connectivity index (χ3n) is 3.74. The summed E-state index contributed by atoms with van der Waals surface area (Å²) in [5, 5.41) is 4.13. The molecule has 1 aliphatic heterocycles. The molecule has 1 aliphatic rings. The van der Waals surface area contributed by atoms with Gasteiger partial charge in [-0.25, -0.2) is 0 Å². The van der Waals surface area contributed by atoms with Gasteiger partial charge in [0.25, 0.3) is 0 Å². The van der Waals surface area contributed by atoms with Crippen molar-refractivity contribution in [3.63, 3.8) is 0 Å². The Balaban J connectivity index is 2.01. The van der Waals surface area contributed by atoms with E-state index in [1.807, 2.05) is 0 Å². The first-order valence-electron chi connectivity index (χ1n) is 7.05. The van der Waals surface area contributed by atoms with E-state index in [-0.39, 0.29) is 6.04 Å². The summed E-state index contributed by atoms with van der Waals surface area (Å²) in [5.41, 5.74) is 2.59. The van der Waals surface area contributed by atoms with Crippen LogP contribution in [0.5, 0.6) is 0 Å². The number of nitrogens with zero attached hydrogens (tertiary/aromatic N) is 2. The van der Waals surface area contributed by atoms with Crippen LogP contribution in [0.2, 0.25) is 0 Å². The molecule has 2 heterocycles. The van der Waals surface area contributed by atoms with Gasteiger partial charge in [-0.05, 0) is 36.8 Å². The molecule has 0 saturated carbocycles. The van der Waals surface area contributed by atoms with E-state index < -0.39 is 0 Å². The zero-order valence-corrected chi connectivity index (χ0v) is 12.4. The van der Waals surface area contributed by atoms with Crippen LogP contribution in [-0.4, -0.2) is 27.7 Å². The highest BCUT2D eigenvalue weighted by molar-refractivity contribution is 7.80. The number of nitrogens with one attached hydrogen (secondary N) is 1. The van der Waals surface area contributed by atoms with Crippen molar-refractivity contribution in [3.05, 3.63) is 59.9 Å². The number of fused-ring (bicyclic) bond motifs is 1. The van der Waals surface area contributed by atoms with Gasteiger partial charge < -0.3 is 14.8 Å². The monoisotopic (exact) mass is 285 g/mol. The Labute approximate surface area is 125 Å². The number of thiocarbonyl (C=S) groups is 1. The summed E-state index contributed by atoms with van der Waals surface area (Å²) in [4.78, 5) is 2.30. The Morgan fingerprint density at radius 2 is 2.00 bits per heavy atom. The van der Waals surface area contributed by atoms with Gasteiger partial charge in [0.1, 0.15) is 0 Å². The topological polar surface area (TPSA) is 20.2 Å². The molecule has 2 aromatic rings. The first-order valence-corrected chi connectivity index (χ1v) is 7.46. The quantitative estimate of drug-likeness (QED) is 0.857. The Bertz CT molecular complexity index is 591. The second-order valence-electron chi connectivity index (χ2n) is 4.97. The maximum Gasteiger partial charge on any atom is 0.169 e. The molecule has 0 amide bonds. The summed E-state index contributed by atoms with van der Waals surface area (Å²) < 4.78 is 2.32. The van der Waals surface area contributed by atoms with Gasteiger partial charge in [0.15, 0.2) is 5.11 Å². The molecule has 3 nitrogen and oxygen atoms in total. The second-order valence-corrected chi connectivity index (χ2v) is 5.36. The summed E-state index contributed by atoms with van der Waals surface area (Å²) in [6.07, 6.45) is 2.15. The fourth-order valence-electron chi connectivity index (χ4n) is 2.84.